The van der Waals surface area contributed by atoms with Gasteiger partial charge in [0, 0.05) is 42.0 Å². The summed E-state index contributed by atoms with van der Waals surface area (Å²) in [6, 6.07) is 10.4. The molecule has 2 aromatic rings. The molecule has 3 N–H and O–H groups in total. The molecule has 0 aliphatic carbocycles. The maximum Gasteiger partial charge on any atom is 0.269 e. The number of sulfonamides is 1. The number of carbonyl (C=O) groups is 1. The third kappa shape index (κ3) is 6.53. The zero-order valence-corrected chi connectivity index (χ0v) is 18.2. The fourth-order valence-electron chi connectivity index (χ4n) is 2.65. The largest absolute Gasteiger partial charge is 0.383 e. The van der Waals surface area contributed by atoms with E-state index in [1.54, 1.807) is 45.9 Å². The highest BCUT2D eigenvalue weighted by molar-refractivity contribution is 7.89. The highest BCUT2D eigenvalue weighted by Crippen LogP contribution is 2.18. The van der Waals surface area contributed by atoms with Gasteiger partial charge >= 0.3 is 0 Å². The predicted molar refractivity (Wildman–Crippen MR) is 115 cm³/mol. The second-order valence-electron chi connectivity index (χ2n) is 7.82. The molecule has 0 aromatic heterocycles. The van der Waals surface area contributed by atoms with Gasteiger partial charge in [0.25, 0.3) is 11.6 Å². The quantitative estimate of drug-likeness (QED) is 0.333. The molecular weight excluding hydrogens is 408 g/mol. The van der Waals surface area contributed by atoms with Crippen LogP contribution in [-0.4, -0.2) is 37.9 Å². The van der Waals surface area contributed by atoms with E-state index in [9.17, 15) is 23.3 Å². The summed E-state index contributed by atoms with van der Waals surface area (Å²) in [6.07, 6.45) is 0. The van der Waals surface area contributed by atoms with Crippen molar-refractivity contribution in [3.8, 4) is 0 Å². The Bertz CT molecular complexity index is 1030. The molecule has 10 heteroatoms. The average molecular weight is 435 g/mol. The molecule has 0 heterocycles. The fourth-order valence-corrected chi connectivity index (χ4v) is 4.10. The Morgan fingerprint density at radius 2 is 1.70 bits per heavy atom. The number of amides is 1. The van der Waals surface area contributed by atoms with Crippen LogP contribution in [0.5, 0.6) is 0 Å². The number of rotatable bonds is 8. The molecule has 0 spiro atoms. The van der Waals surface area contributed by atoms with E-state index in [-0.39, 0.29) is 28.6 Å². The molecule has 0 unspecified atom stereocenters. The summed E-state index contributed by atoms with van der Waals surface area (Å²) in [5.41, 5.74) is 0.982. The molecule has 0 saturated heterocycles. The summed E-state index contributed by atoms with van der Waals surface area (Å²) >= 11 is 0. The lowest BCUT2D eigenvalue weighted by atomic mass is 10.1. The Hall–Kier alpha value is -2.98. The van der Waals surface area contributed by atoms with Gasteiger partial charge < -0.3 is 10.6 Å². The van der Waals surface area contributed by atoms with Crippen LogP contribution in [0.4, 0.5) is 11.4 Å². The molecule has 0 fully saturated rings. The van der Waals surface area contributed by atoms with Crippen LogP contribution >= 0.6 is 0 Å². The van der Waals surface area contributed by atoms with Crippen molar-refractivity contribution in [2.24, 2.45) is 0 Å². The number of aryl methyl sites for hydroxylation is 1. The molecule has 2 aromatic carbocycles. The van der Waals surface area contributed by atoms with Gasteiger partial charge in [0.15, 0.2) is 0 Å². The van der Waals surface area contributed by atoms with Gasteiger partial charge in [0.1, 0.15) is 0 Å². The van der Waals surface area contributed by atoms with Gasteiger partial charge in [-0.2, -0.15) is 0 Å². The molecule has 30 heavy (non-hydrogen) atoms. The minimum Gasteiger partial charge on any atom is -0.383 e. The van der Waals surface area contributed by atoms with E-state index >= 15 is 0 Å². The first kappa shape index (κ1) is 23.3. The Balaban J connectivity index is 1.99. The van der Waals surface area contributed by atoms with Crippen LogP contribution < -0.4 is 15.4 Å². The van der Waals surface area contributed by atoms with Crippen LogP contribution in [0.25, 0.3) is 0 Å². The summed E-state index contributed by atoms with van der Waals surface area (Å²) < 4.78 is 27.6. The number of anilines is 1. The summed E-state index contributed by atoms with van der Waals surface area (Å²) in [5.74, 6) is -0.384. The first-order valence-corrected chi connectivity index (χ1v) is 10.8. The molecule has 1 amide bonds. The van der Waals surface area contributed by atoms with Gasteiger partial charge in [-0.05, 0) is 57.5 Å². The van der Waals surface area contributed by atoms with E-state index in [0.717, 1.165) is 0 Å². The van der Waals surface area contributed by atoms with E-state index in [4.69, 9.17) is 0 Å². The van der Waals surface area contributed by atoms with Crippen LogP contribution in [0.3, 0.4) is 0 Å². The zero-order chi connectivity index (χ0) is 22.5. The number of nitro benzene ring substituents is 1. The number of non-ortho nitro benzene ring substituents is 1. The number of hydrogen-bond acceptors (Lipinski definition) is 6. The minimum atomic E-state index is -3.75. The highest BCUT2D eigenvalue weighted by Gasteiger charge is 2.23. The molecule has 0 bridgehead atoms. The molecule has 0 aliphatic rings. The number of nitrogens with zero attached hydrogens (tertiary/aromatic N) is 1. The van der Waals surface area contributed by atoms with Gasteiger partial charge in [-0.3, -0.25) is 14.9 Å². The van der Waals surface area contributed by atoms with E-state index < -0.39 is 20.5 Å². The lowest BCUT2D eigenvalue weighted by molar-refractivity contribution is -0.384. The second kappa shape index (κ2) is 9.23. The molecule has 0 radical (unpaired) electrons. The van der Waals surface area contributed by atoms with Crippen molar-refractivity contribution in [1.82, 2.24) is 10.0 Å². The maximum absolute atomic E-state index is 12.5. The van der Waals surface area contributed by atoms with E-state index in [1.165, 1.54) is 24.3 Å². The van der Waals surface area contributed by atoms with Gasteiger partial charge in [-0.1, -0.05) is 6.07 Å². The smallest absolute Gasteiger partial charge is 0.269 e. The summed E-state index contributed by atoms with van der Waals surface area (Å²) in [4.78, 5) is 22.7. The van der Waals surface area contributed by atoms with Crippen molar-refractivity contribution in [2.45, 2.75) is 38.1 Å². The van der Waals surface area contributed by atoms with Crippen LogP contribution in [0, 0.1) is 17.0 Å². The molecule has 2 rings (SSSR count). The standard InChI is InChI=1S/C20H26N4O5S/c1-14-5-10-17(30(28,29)23-20(2,3)4)13-18(14)19(25)22-12-11-21-15-6-8-16(9-7-15)24(26)27/h5-10,13,21,23H,11-12H2,1-4H3,(H,22,25). The van der Waals surface area contributed by atoms with Gasteiger partial charge in [-0.15, -0.1) is 0 Å². The van der Waals surface area contributed by atoms with Crippen LogP contribution in [0.2, 0.25) is 0 Å². The molecule has 0 aliphatic heterocycles. The van der Waals surface area contributed by atoms with Crippen molar-refractivity contribution in [2.75, 3.05) is 18.4 Å². The number of benzene rings is 2. The first-order valence-electron chi connectivity index (χ1n) is 9.30. The van der Waals surface area contributed by atoms with Crippen molar-refractivity contribution < 1.29 is 18.1 Å². The second-order valence-corrected chi connectivity index (χ2v) is 9.50. The van der Waals surface area contributed by atoms with E-state index in [2.05, 4.69) is 15.4 Å². The monoisotopic (exact) mass is 434 g/mol. The number of nitro groups is 1. The van der Waals surface area contributed by atoms with Gasteiger partial charge in [0.05, 0.1) is 9.82 Å². The van der Waals surface area contributed by atoms with Crippen LogP contribution in [0.15, 0.2) is 47.4 Å². The van der Waals surface area contributed by atoms with Gasteiger partial charge in [0.2, 0.25) is 10.0 Å². The van der Waals surface area contributed by atoms with Crippen molar-refractivity contribution in [3.05, 3.63) is 63.7 Å². The maximum atomic E-state index is 12.5. The SMILES string of the molecule is Cc1ccc(S(=O)(=O)NC(C)(C)C)cc1C(=O)NCCNc1ccc([N+](=O)[O-])cc1. The Labute approximate surface area is 176 Å². The van der Waals surface area contributed by atoms with Crippen molar-refractivity contribution in [1.29, 1.82) is 0 Å². The molecule has 162 valence electrons. The lowest BCUT2D eigenvalue weighted by Crippen LogP contribution is -2.40. The Kier molecular flexibility index (Phi) is 7.16. The molecule has 0 atom stereocenters. The minimum absolute atomic E-state index is 0.000104. The average Bonchev–Trinajstić information content (AvgIpc) is 2.63. The van der Waals surface area contributed by atoms with Crippen molar-refractivity contribution in [3.63, 3.8) is 0 Å². The number of carbonyl (C=O) groups excluding carboxylic acids is 1. The third-order valence-electron chi connectivity index (χ3n) is 4.02. The summed E-state index contributed by atoms with van der Waals surface area (Å²) in [7, 11) is -3.75. The van der Waals surface area contributed by atoms with Crippen LogP contribution in [0.1, 0.15) is 36.7 Å². The van der Waals surface area contributed by atoms with E-state index in [1.807, 2.05) is 0 Å². The first-order chi connectivity index (χ1) is 13.9. The Morgan fingerprint density at radius 1 is 1.07 bits per heavy atom. The normalized spacial score (nSPS) is 11.7. The molecular formula is C20H26N4O5S. The summed E-state index contributed by atoms with van der Waals surface area (Å²) in [5, 5.41) is 16.5. The number of hydrogen-bond donors (Lipinski definition) is 3. The third-order valence-corrected chi connectivity index (χ3v) is 5.78. The fraction of sp³-hybridized carbons (Fsp3) is 0.350. The van der Waals surface area contributed by atoms with Crippen molar-refractivity contribution >= 4 is 27.3 Å². The molecule has 9 nitrogen and oxygen atoms in total. The van der Waals surface area contributed by atoms with Gasteiger partial charge in [-0.25, -0.2) is 13.1 Å². The number of nitrogens with one attached hydrogen (secondary N) is 3. The predicted octanol–water partition coefficient (Wildman–Crippen LogP) is 2.82. The topological polar surface area (TPSA) is 130 Å². The summed E-state index contributed by atoms with van der Waals surface area (Å²) in [6.45, 7) is 7.63. The zero-order valence-electron chi connectivity index (χ0n) is 17.4. The van der Waals surface area contributed by atoms with Crippen LogP contribution in [-0.2, 0) is 10.0 Å². The molecule has 0 saturated carbocycles. The van der Waals surface area contributed by atoms with E-state index in [0.29, 0.717) is 17.8 Å². The Morgan fingerprint density at radius 3 is 2.27 bits per heavy atom. The lowest BCUT2D eigenvalue weighted by Gasteiger charge is -2.20. The highest BCUT2D eigenvalue weighted by atomic mass is 32.2.